The minimum Gasteiger partial charge on any atom is -0.377 e. The van der Waals surface area contributed by atoms with Crippen LogP contribution in [0.4, 0.5) is 11.4 Å². The van der Waals surface area contributed by atoms with E-state index < -0.39 is 0 Å². The lowest BCUT2D eigenvalue weighted by Crippen LogP contribution is -2.58. The predicted octanol–water partition coefficient (Wildman–Crippen LogP) is 3.33. The molecule has 2 fully saturated rings. The van der Waals surface area contributed by atoms with Gasteiger partial charge in [0, 0.05) is 22.7 Å². The lowest BCUT2D eigenvalue weighted by molar-refractivity contribution is -0.384. The fourth-order valence-corrected chi connectivity index (χ4v) is 3.44. The SMILES string of the molecule is O=[N+]([O-])c1ccc(Cl)cc1NC1CCNC2(CCC2)C1. The molecular weight excluding hydrogens is 278 g/mol. The first-order valence-electron chi connectivity index (χ1n) is 7.04. The van der Waals surface area contributed by atoms with E-state index in [0.29, 0.717) is 10.7 Å². The summed E-state index contributed by atoms with van der Waals surface area (Å²) in [6, 6.07) is 4.94. The molecule has 1 unspecified atom stereocenters. The van der Waals surface area contributed by atoms with Gasteiger partial charge in [-0.2, -0.15) is 0 Å². The molecule has 1 saturated heterocycles. The molecule has 3 rings (SSSR count). The fraction of sp³-hybridized carbons (Fsp3) is 0.571. The number of nitrogens with zero attached hydrogens (tertiary/aromatic N) is 1. The van der Waals surface area contributed by atoms with Crippen molar-refractivity contribution in [3.63, 3.8) is 0 Å². The maximum Gasteiger partial charge on any atom is 0.292 e. The summed E-state index contributed by atoms with van der Waals surface area (Å²) < 4.78 is 0. The zero-order valence-corrected chi connectivity index (χ0v) is 11.9. The van der Waals surface area contributed by atoms with Gasteiger partial charge in [0.25, 0.3) is 5.69 Å². The van der Waals surface area contributed by atoms with Crippen LogP contribution in [-0.2, 0) is 0 Å². The second-order valence-corrected chi connectivity index (χ2v) is 6.25. The average molecular weight is 296 g/mol. The number of rotatable bonds is 3. The van der Waals surface area contributed by atoms with Gasteiger partial charge >= 0.3 is 0 Å². The van der Waals surface area contributed by atoms with Gasteiger partial charge in [-0.05, 0) is 50.8 Å². The van der Waals surface area contributed by atoms with Gasteiger partial charge in [0.2, 0.25) is 0 Å². The maximum absolute atomic E-state index is 11.1. The molecule has 6 heteroatoms. The van der Waals surface area contributed by atoms with Crippen LogP contribution in [0, 0.1) is 10.1 Å². The van der Waals surface area contributed by atoms with Crippen molar-refractivity contribution < 1.29 is 4.92 Å². The van der Waals surface area contributed by atoms with Crippen LogP contribution in [0.25, 0.3) is 0 Å². The number of hydrogen-bond acceptors (Lipinski definition) is 4. The standard InChI is InChI=1S/C14H18ClN3O2/c15-10-2-3-13(18(19)20)12(8-10)17-11-4-7-16-14(9-11)5-1-6-14/h2-3,8,11,16-17H,1,4-7,9H2. The predicted molar refractivity (Wildman–Crippen MR) is 79.3 cm³/mol. The van der Waals surface area contributed by atoms with E-state index in [1.165, 1.54) is 25.3 Å². The Hall–Kier alpha value is -1.33. The molecule has 108 valence electrons. The van der Waals surface area contributed by atoms with Crippen molar-refractivity contribution in [1.29, 1.82) is 0 Å². The van der Waals surface area contributed by atoms with Crippen LogP contribution in [0.3, 0.4) is 0 Å². The van der Waals surface area contributed by atoms with E-state index in [4.69, 9.17) is 11.6 Å². The molecular formula is C14H18ClN3O2. The van der Waals surface area contributed by atoms with Crippen LogP contribution < -0.4 is 10.6 Å². The quantitative estimate of drug-likeness (QED) is 0.663. The molecule has 2 N–H and O–H groups in total. The van der Waals surface area contributed by atoms with Crippen LogP contribution in [-0.4, -0.2) is 23.0 Å². The Morgan fingerprint density at radius 1 is 1.45 bits per heavy atom. The van der Waals surface area contributed by atoms with Gasteiger partial charge < -0.3 is 10.6 Å². The molecule has 0 bridgehead atoms. The van der Waals surface area contributed by atoms with E-state index in [0.717, 1.165) is 19.4 Å². The molecule has 0 radical (unpaired) electrons. The minimum atomic E-state index is -0.362. The molecule has 1 spiro atoms. The van der Waals surface area contributed by atoms with Gasteiger partial charge in [-0.3, -0.25) is 10.1 Å². The Morgan fingerprint density at radius 2 is 2.25 bits per heavy atom. The van der Waals surface area contributed by atoms with E-state index in [1.54, 1.807) is 12.1 Å². The highest BCUT2D eigenvalue weighted by atomic mass is 35.5. The maximum atomic E-state index is 11.1. The van der Waals surface area contributed by atoms with Gasteiger partial charge in [0.1, 0.15) is 5.69 Å². The van der Waals surface area contributed by atoms with Crippen LogP contribution in [0.5, 0.6) is 0 Å². The summed E-state index contributed by atoms with van der Waals surface area (Å²) >= 11 is 5.96. The van der Waals surface area contributed by atoms with Gasteiger partial charge in [0.05, 0.1) is 4.92 Å². The summed E-state index contributed by atoms with van der Waals surface area (Å²) in [5, 5.41) is 18.5. The number of nitro groups is 1. The number of nitro benzene ring substituents is 1. The molecule has 2 aliphatic rings. The largest absolute Gasteiger partial charge is 0.377 e. The van der Waals surface area contributed by atoms with Crippen molar-refractivity contribution in [3.05, 3.63) is 33.3 Å². The van der Waals surface area contributed by atoms with Crippen molar-refractivity contribution >= 4 is 23.0 Å². The third-order valence-corrected chi connectivity index (χ3v) is 4.69. The molecule has 0 aromatic heterocycles. The van der Waals surface area contributed by atoms with Gasteiger partial charge in [-0.25, -0.2) is 0 Å². The van der Waals surface area contributed by atoms with Crippen LogP contribution in [0.1, 0.15) is 32.1 Å². The lowest BCUT2D eigenvalue weighted by atomic mass is 9.70. The molecule has 1 aliphatic heterocycles. The number of halogens is 1. The van der Waals surface area contributed by atoms with Crippen molar-refractivity contribution in [1.82, 2.24) is 5.32 Å². The Bertz CT molecular complexity index is 531. The highest BCUT2D eigenvalue weighted by Crippen LogP contribution is 2.39. The number of anilines is 1. The lowest BCUT2D eigenvalue weighted by Gasteiger charge is -2.48. The molecule has 1 atom stereocenters. The topological polar surface area (TPSA) is 67.2 Å². The summed E-state index contributed by atoms with van der Waals surface area (Å²) in [5.41, 5.74) is 0.892. The smallest absolute Gasteiger partial charge is 0.292 e. The van der Waals surface area contributed by atoms with E-state index in [2.05, 4.69) is 10.6 Å². The monoisotopic (exact) mass is 295 g/mol. The van der Waals surface area contributed by atoms with Crippen molar-refractivity contribution in [2.24, 2.45) is 0 Å². The normalized spacial score (nSPS) is 24.1. The Labute approximate surface area is 122 Å². The number of piperidine rings is 1. The van der Waals surface area contributed by atoms with Crippen LogP contribution in [0.15, 0.2) is 18.2 Å². The van der Waals surface area contributed by atoms with Crippen LogP contribution in [0.2, 0.25) is 5.02 Å². The first kappa shape index (κ1) is 13.6. The summed E-state index contributed by atoms with van der Waals surface area (Å²) in [5.74, 6) is 0. The average Bonchev–Trinajstić information content (AvgIpc) is 2.37. The number of hydrogen-bond donors (Lipinski definition) is 2. The van der Waals surface area contributed by atoms with Gasteiger partial charge in [-0.15, -0.1) is 0 Å². The van der Waals surface area contributed by atoms with E-state index in [-0.39, 0.29) is 22.2 Å². The van der Waals surface area contributed by atoms with Gasteiger partial charge in [0.15, 0.2) is 0 Å². The zero-order valence-electron chi connectivity index (χ0n) is 11.2. The molecule has 1 aromatic rings. The molecule has 1 aliphatic carbocycles. The number of nitrogens with one attached hydrogen (secondary N) is 2. The first-order valence-corrected chi connectivity index (χ1v) is 7.41. The third kappa shape index (κ3) is 2.60. The third-order valence-electron chi connectivity index (χ3n) is 4.46. The first-order chi connectivity index (χ1) is 9.58. The summed E-state index contributed by atoms with van der Waals surface area (Å²) in [7, 11) is 0. The van der Waals surface area contributed by atoms with E-state index >= 15 is 0 Å². The summed E-state index contributed by atoms with van der Waals surface area (Å²) in [4.78, 5) is 10.7. The second kappa shape index (κ2) is 5.22. The molecule has 1 saturated carbocycles. The Kier molecular flexibility index (Phi) is 3.56. The number of benzene rings is 1. The molecule has 5 nitrogen and oxygen atoms in total. The zero-order chi connectivity index (χ0) is 14.2. The Morgan fingerprint density at radius 3 is 2.90 bits per heavy atom. The molecule has 0 amide bonds. The van der Waals surface area contributed by atoms with Crippen molar-refractivity contribution in [3.8, 4) is 0 Å². The fourth-order valence-electron chi connectivity index (χ4n) is 3.27. The van der Waals surface area contributed by atoms with E-state index in [1.807, 2.05) is 0 Å². The van der Waals surface area contributed by atoms with Gasteiger partial charge in [-0.1, -0.05) is 11.6 Å². The molecule has 1 aromatic carbocycles. The highest BCUT2D eigenvalue weighted by molar-refractivity contribution is 6.31. The highest BCUT2D eigenvalue weighted by Gasteiger charge is 2.41. The molecule has 20 heavy (non-hydrogen) atoms. The second-order valence-electron chi connectivity index (χ2n) is 5.81. The Balaban J connectivity index is 1.76. The molecule has 1 heterocycles. The van der Waals surface area contributed by atoms with Crippen LogP contribution >= 0.6 is 11.6 Å². The van der Waals surface area contributed by atoms with Crippen molar-refractivity contribution in [2.75, 3.05) is 11.9 Å². The van der Waals surface area contributed by atoms with E-state index in [9.17, 15) is 10.1 Å². The minimum absolute atomic E-state index is 0.0931. The van der Waals surface area contributed by atoms with Crippen molar-refractivity contribution in [2.45, 2.75) is 43.7 Å². The summed E-state index contributed by atoms with van der Waals surface area (Å²) in [6.07, 6.45) is 5.70. The summed E-state index contributed by atoms with van der Waals surface area (Å²) in [6.45, 7) is 0.964.